The first-order valence-electron chi connectivity index (χ1n) is 37.3. The molecule has 9 amide bonds. The minimum Gasteiger partial charge on any atom is -0.450 e. The van der Waals surface area contributed by atoms with Crippen molar-refractivity contribution in [1.82, 2.24) is 29.9 Å². The number of hydrogen-bond acceptors (Lipinski definition) is 33. The SMILES string of the molecule is C.Cc1cc([N+](=O)[O-])c(NC(=O)c2cccs2)s1.Cc1ccc(Cl)c(C(=O)Nc2sc(C)cc2[N+](=O)[O-])c1.Cc1cnc(NC(=O)Nc2ccc(F)cc2)s1.Cc1cnc(NC(=O)c2ccc(-c3cccs3)o2)s1.Cc1cnc(NC(=O)c2ccc(Br)s2)s1.Cc1cnc(NC(=O)c2ccc(Cl)s2)s1.Cc1cnc(NC(=O)c2cccs2)s1.Cc1sc(NC(=O)c2cccs2)nc1Cl. The lowest BCUT2D eigenvalue weighted by atomic mass is 10.1. The van der Waals surface area contributed by atoms with Gasteiger partial charge in [-0.2, -0.15) is 0 Å². The van der Waals surface area contributed by atoms with Gasteiger partial charge in [0, 0.05) is 87.8 Å². The number of rotatable bonds is 19. The second kappa shape index (κ2) is 51.8. The fraction of sp³-hybridized carbons (Fsp3) is 0.119. The molecule has 133 heavy (non-hydrogen) atoms. The number of aromatic nitrogens is 6. The number of urea groups is 1. The lowest BCUT2D eigenvalue weighted by molar-refractivity contribution is -0.383. The number of anilines is 9. The minimum absolute atomic E-state index is 0. The van der Waals surface area contributed by atoms with E-state index in [4.69, 9.17) is 39.2 Å². The van der Waals surface area contributed by atoms with Crippen molar-refractivity contribution in [3.8, 4) is 10.6 Å². The van der Waals surface area contributed by atoms with Crippen LogP contribution in [0, 0.1) is 88.4 Å². The van der Waals surface area contributed by atoms with Gasteiger partial charge in [0.2, 0.25) is 0 Å². The molecule has 9 N–H and O–H groups in total. The molecule has 15 heterocycles. The quantitative estimate of drug-likeness (QED) is 0.0268. The molecule has 0 aliphatic rings. The molecule has 0 saturated carbocycles. The molecule has 0 radical (unpaired) electrons. The average molecular weight is 2180 g/mol. The van der Waals surface area contributed by atoms with E-state index in [2.05, 4.69) is 93.7 Å². The van der Waals surface area contributed by atoms with Crippen LogP contribution in [-0.2, 0) is 0 Å². The molecule has 17 aromatic rings. The summed E-state index contributed by atoms with van der Waals surface area (Å²) in [6.45, 7) is 16.9. The highest BCUT2D eigenvalue weighted by Crippen LogP contribution is 2.38. The highest BCUT2D eigenvalue weighted by Gasteiger charge is 2.24. The molecule has 0 aliphatic heterocycles. The van der Waals surface area contributed by atoms with Gasteiger partial charge in [-0.15, -0.1) is 159 Å². The van der Waals surface area contributed by atoms with Crippen LogP contribution in [0.3, 0.4) is 0 Å². The van der Waals surface area contributed by atoms with Gasteiger partial charge in [-0.1, -0.05) is 78.1 Å². The number of aryl methyl sites for hydroxylation is 9. The number of furan rings is 1. The third kappa shape index (κ3) is 34.0. The Morgan fingerprint density at radius 3 is 1.20 bits per heavy atom. The average Bonchev–Trinajstić information content (AvgIpc) is 1.77. The van der Waals surface area contributed by atoms with Crippen LogP contribution in [0.25, 0.3) is 10.6 Å². The van der Waals surface area contributed by atoms with Gasteiger partial charge in [-0.25, -0.2) is 39.1 Å². The van der Waals surface area contributed by atoms with E-state index in [-0.39, 0.29) is 75.8 Å². The smallest absolute Gasteiger partial charge is 0.325 e. The summed E-state index contributed by atoms with van der Waals surface area (Å²) in [5.41, 5.74) is 1.54. The van der Waals surface area contributed by atoms with Crippen LogP contribution in [-0.4, -0.2) is 87.1 Å². The molecule has 2 aromatic carbocycles. The monoisotopic (exact) mass is 2180 g/mol. The van der Waals surface area contributed by atoms with Crippen molar-refractivity contribution < 1.29 is 57.0 Å². The Morgan fingerprint density at radius 1 is 0.398 bits per heavy atom. The van der Waals surface area contributed by atoms with Crippen molar-refractivity contribution in [2.75, 3.05) is 47.9 Å². The summed E-state index contributed by atoms with van der Waals surface area (Å²) in [6.07, 6.45) is 8.61. The molecular formula is C84H72BrCl3FN17O13S14. The maximum Gasteiger partial charge on any atom is 0.325 e. The molecule has 0 fully saturated rings. The van der Waals surface area contributed by atoms with Gasteiger partial charge in [0.1, 0.15) is 16.7 Å². The lowest BCUT2D eigenvalue weighted by Crippen LogP contribution is -2.19. The van der Waals surface area contributed by atoms with Gasteiger partial charge in [0.05, 0.1) is 57.8 Å². The molecule has 15 aromatic heterocycles. The molecule has 0 unspecified atom stereocenters. The Labute approximate surface area is 838 Å². The highest BCUT2D eigenvalue weighted by molar-refractivity contribution is 9.11. The number of halogens is 5. The molecular weight excluding hydrogens is 2110 g/mol. The van der Waals surface area contributed by atoms with Crippen molar-refractivity contribution >= 4 is 315 Å². The van der Waals surface area contributed by atoms with E-state index in [9.17, 15) is 63.0 Å². The number of carbonyl (C=O) groups excluding carboxylic acids is 8. The third-order valence-corrected chi connectivity index (χ3v) is 29.7. The fourth-order valence-corrected chi connectivity index (χ4v) is 20.8. The first-order valence-corrected chi connectivity index (χ1v) is 50.9. The van der Waals surface area contributed by atoms with Crippen molar-refractivity contribution in [2.45, 2.75) is 69.7 Å². The third-order valence-electron chi connectivity index (χ3n) is 15.6. The van der Waals surface area contributed by atoms with Gasteiger partial charge in [-0.05, 0) is 197 Å². The predicted octanol–water partition coefficient (Wildman–Crippen LogP) is 28.5. The summed E-state index contributed by atoms with van der Waals surface area (Å²) in [6, 6.07) is 38.2. The molecule has 30 nitrogen and oxygen atoms in total. The van der Waals surface area contributed by atoms with Crippen LogP contribution in [0.5, 0.6) is 0 Å². The molecule has 0 aliphatic carbocycles. The van der Waals surface area contributed by atoms with Crippen molar-refractivity contribution in [3.05, 3.63) is 317 Å². The topological polar surface area (TPSA) is 422 Å². The second-order valence-corrected chi connectivity index (χ2v) is 44.6. The Morgan fingerprint density at radius 2 is 0.812 bits per heavy atom. The molecule has 0 atom stereocenters. The molecule has 690 valence electrons. The molecule has 49 heteroatoms. The summed E-state index contributed by atoms with van der Waals surface area (Å²) in [5.74, 6) is -0.907. The maximum atomic E-state index is 12.6. The van der Waals surface area contributed by atoms with Gasteiger partial charge < -0.3 is 20.4 Å². The first kappa shape index (κ1) is 105. The van der Waals surface area contributed by atoms with E-state index in [0.717, 1.165) is 64.6 Å². The second-order valence-electron chi connectivity index (χ2n) is 25.9. The van der Waals surface area contributed by atoms with E-state index in [1.807, 2.05) is 94.9 Å². The highest BCUT2D eigenvalue weighted by atomic mass is 79.9. The van der Waals surface area contributed by atoms with Crippen molar-refractivity contribution in [2.24, 2.45) is 0 Å². The zero-order valence-corrected chi connectivity index (χ0v) is 84.8. The Hall–Kier alpha value is -11.3. The lowest BCUT2D eigenvalue weighted by Gasteiger charge is -2.05. The van der Waals surface area contributed by atoms with Crippen LogP contribution in [0.4, 0.5) is 67.0 Å². The van der Waals surface area contributed by atoms with Crippen LogP contribution < -0.4 is 47.9 Å². The van der Waals surface area contributed by atoms with Gasteiger partial charge in [0.15, 0.2) is 46.6 Å². The molecule has 17 rings (SSSR count). The minimum atomic E-state index is -0.517. The molecule has 0 bridgehead atoms. The number of hydrogen-bond donors (Lipinski definition) is 9. The zero-order valence-electron chi connectivity index (χ0n) is 69.5. The van der Waals surface area contributed by atoms with E-state index in [1.165, 1.54) is 172 Å². The number of benzene rings is 2. The Balaban J connectivity index is 0.000000171. The van der Waals surface area contributed by atoms with E-state index in [1.54, 1.807) is 134 Å². The van der Waals surface area contributed by atoms with E-state index >= 15 is 0 Å². The van der Waals surface area contributed by atoms with Gasteiger partial charge in [-0.3, -0.25) is 85.7 Å². The largest absolute Gasteiger partial charge is 0.450 e. The van der Waals surface area contributed by atoms with Crippen molar-refractivity contribution in [1.29, 1.82) is 0 Å². The fourth-order valence-electron chi connectivity index (χ4n) is 9.79. The first-order chi connectivity index (χ1) is 63.0. The Kier molecular flexibility index (Phi) is 41.1. The van der Waals surface area contributed by atoms with E-state index < -0.39 is 21.8 Å². The number of thiophene rings is 8. The summed E-state index contributed by atoms with van der Waals surface area (Å²) < 4.78 is 19.7. The summed E-state index contributed by atoms with van der Waals surface area (Å²) >= 11 is 40.1. The van der Waals surface area contributed by atoms with Gasteiger partial charge >= 0.3 is 17.4 Å². The van der Waals surface area contributed by atoms with Crippen molar-refractivity contribution in [3.63, 3.8) is 0 Å². The molecule has 0 spiro atoms. The predicted molar refractivity (Wildman–Crippen MR) is 551 cm³/mol. The summed E-state index contributed by atoms with van der Waals surface area (Å²) in [5, 5.41) is 57.9. The van der Waals surface area contributed by atoms with Crippen LogP contribution in [0.1, 0.15) is 121 Å². The number of nitrogens with zero attached hydrogens (tertiary/aromatic N) is 8. The van der Waals surface area contributed by atoms with Gasteiger partial charge in [0.25, 0.3) is 41.4 Å². The Bertz CT molecular complexity index is 6660. The number of amides is 9. The number of nitrogens with one attached hydrogen (secondary N) is 9. The summed E-state index contributed by atoms with van der Waals surface area (Å²) in [7, 11) is 0. The van der Waals surface area contributed by atoms with Crippen LogP contribution in [0.15, 0.2) is 200 Å². The number of nitro groups is 2. The van der Waals surface area contributed by atoms with E-state index in [0.29, 0.717) is 86.7 Å². The van der Waals surface area contributed by atoms with Crippen LogP contribution in [0.2, 0.25) is 14.5 Å². The normalized spacial score (nSPS) is 10.2. The van der Waals surface area contributed by atoms with Crippen LogP contribution >= 0.6 is 209 Å². The maximum absolute atomic E-state index is 12.6. The zero-order chi connectivity index (χ0) is 95.2. The molecule has 0 saturated heterocycles. The number of thiazole rings is 6. The summed E-state index contributed by atoms with van der Waals surface area (Å²) in [4.78, 5) is 151. The number of carbonyl (C=O) groups is 8. The standard InChI is InChI=1S/C13H11ClN2O3S.C13H10N2O2S2.C11H10FN3OS.C10H8N2O3S2.C9H7BrN2OS2.2C9H7ClN2OS2.C9H8N2OS2.CH4/c1-7-3-4-10(14)9(5-7)12(17)15-13-11(16(18)19)6-8(2)20-13;1-8-7-14-13(19-8)15-12(16)10-5-4-9(17-10)11-3-2-6-18-11;1-7-6-13-11(17-7)15-10(16)14-9-4-2-8(12)3-5-9;1-6-5-7(12(14)15)10(17-6)11-9(13)8-3-2-4-16-8;2*1-5-4-11-9(14-5)12-8(13)6-2-3-7(10)15-6;1-5-7(10)11-9(15-5)12-8(13)6-3-2-4-14-6;1-6-5-10-9(14-6)11-8(12)7-3-2-4-13-7;/h3-6H,1-2H3,(H,15,17);2-7H,1H3,(H,14,15,16);2-6H,1H3,(H2,13,14,15,16);2-5H,1H3,(H,11,13);3*2-4H,1H3,(H,11,12,13);2-5H,1H3,(H,10,11,12);1H4.